The van der Waals surface area contributed by atoms with Crippen molar-refractivity contribution in [2.24, 2.45) is 13.0 Å². The standard InChI is InChI=1S/C23H27N5O4/c1-7-15-10-8-9-11-16(15)27-14(4)12-26-18-19(24-22(26)27)25(5)23(31)28(20(18)29)17(13(2)3)21(30)32-6/h8-13,17H,7H2,1-6H3/t17-/m0/s1. The van der Waals surface area contributed by atoms with Crippen molar-refractivity contribution in [3.63, 3.8) is 0 Å². The lowest BCUT2D eigenvalue weighted by atomic mass is 10.0. The summed E-state index contributed by atoms with van der Waals surface area (Å²) >= 11 is 0. The van der Waals surface area contributed by atoms with Crippen LogP contribution in [0.1, 0.15) is 38.1 Å². The fraction of sp³-hybridized carbons (Fsp3) is 0.391. The summed E-state index contributed by atoms with van der Waals surface area (Å²) in [4.78, 5) is 43.9. The highest BCUT2D eigenvalue weighted by Gasteiger charge is 2.31. The first-order chi connectivity index (χ1) is 15.2. The van der Waals surface area contributed by atoms with Crippen molar-refractivity contribution in [1.29, 1.82) is 0 Å². The number of para-hydroxylation sites is 1. The molecule has 0 saturated carbocycles. The van der Waals surface area contributed by atoms with Gasteiger partial charge in [-0.25, -0.2) is 14.2 Å². The number of nitrogens with zero attached hydrogens (tertiary/aromatic N) is 5. The Bertz CT molecular complexity index is 1470. The molecule has 168 valence electrons. The quantitative estimate of drug-likeness (QED) is 0.447. The summed E-state index contributed by atoms with van der Waals surface area (Å²) in [5.74, 6) is -0.427. The van der Waals surface area contributed by atoms with E-state index in [1.54, 1.807) is 25.3 Å². The third-order valence-corrected chi connectivity index (χ3v) is 5.94. The Morgan fingerprint density at radius 1 is 1.19 bits per heavy atom. The molecule has 3 aromatic heterocycles. The molecule has 4 aromatic rings. The predicted molar refractivity (Wildman–Crippen MR) is 122 cm³/mol. The van der Waals surface area contributed by atoms with E-state index in [1.807, 2.05) is 35.9 Å². The van der Waals surface area contributed by atoms with Crippen molar-refractivity contribution in [3.05, 3.63) is 62.6 Å². The number of methoxy groups -OCH3 is 1. The Hall–Kier alpha value is -3.62. The van der Waals surface area contributed by atoms with Crippen LogP contribution in [0, 0.1) is 12.8 Å². The van der Waals surface area contributed by atoms with Crippen LogP contribution in [-0.2, 0) is 23.0 Å². The van der Waals surface area contributed by atoms with Crippen molar-refractivity contribution in [2.75, 3.05) is 7.11 Å². The van der Waals surface area contributed by atoms with E-state index < -0.39 is 23.3 Å². The Labute approximate surface area is 184 Å². The van der Waals surface area contributed by atoms with Crippen molar-refractivity contribution < 1.29 is 9.53 Å². The number of hydrogen-bond donors (Lipinski definition) is 0. The van der Waals surface area contributed by atoms with Crippen molar-refractivity contribution >= 4 is 22.9 Å². The molecule has 1 atom stereocenters. The topological polar surface area (TPSA) is 92.5 Å². The van der Waals surface area contributed by atoms with Crippen molar-refractivity contribution in [1.82, 2.24) is 23.1 Å². The van der Waals surface area contributed by atoms with Gasteiger partial charge in [0.2, 0.25) is 5.78 Å². The van der Waals surface area contributed by atoms with Crippen LogP contribution in [0.2, 0.25) is 0 Å². The first-order valence-corrected chi connectivity index (χ1v) is 10.6. The third kappa shape index (κ3) is 2.99. The molecule has 0 spiro atoms. The number of hydrogen-bond acceptors (Lipinski definition) is 5. The molecule has 4 rings (SSSR count). The molecular formula is C23H27N5O4. The van der Waals surface area contributed by atoms with Gasteiger partial charge in [0.1, 0.15) is 6.04 Å². The zero-order valence-corrected chi connectivity index (χ0v) is 19.1. The largest absolute Gasteiger partial charge is 0.467 e. The molecule has 0 amide bonds. The van der Waals surface area contributed by atoms with E-state index in [0.29, 0.717) is 5.78 Å². The normalized spacial score (nSPS) is 12.7. The van der Waals surface area contributed by atoms with Crippen molar-refractivity contribution in [2.45, 2.75) is 40.2 Å². The Balaban J connectivity index is 2.13. The molecule has 32 heavy (non-hydrogen) atoms. The molecule has 0 bridgehead atoms. The summed E-state index contributed by atoms with van der Waals surface area (Å²) in [6, 6.07) is 6.97. The number of aromatic nitrogens is 5. The van der Waals surface area contributed by atoms with Gasteiger partial charge in [-0.15, -0.1) is 0 Å². The third-order valence-electron chi connectivity index (χ3n) is 5.94. The Morgan fingerprint density at radius 3 is 2.50 bits per heavy atom. The highest BCUT2D eigenvalue weighted by atomic mass is 16.5. The number of aryl methyl sites for hydroxylation is 3. The van der Waals surface area contributed by atoms with Crippen LogP contribution in [-0.4, -0.2) is 36.2 Å². The van der Waals surface area contributed by atoms with E-state index in [0.717, 1.165) is 27.9 Å². The number of ether oxygens (including phenoxy) is 1. The van der Waals surface area contributed by atoms with E-state index >= 15 is 0 Å². The van der Waals surface area contributed by atoms with Gasteiger partial charge in [0.25, 0.3) is 5.56 Å². The number of benzene rings is 1. The first kappa shape index (κ1) is 21.6. The van der Waals surface area contributed by atoms with Crippen LogP contribution in [0.25, 0.3) is 22.6 Å². The number of fused-ring (bicyclic) bond motifs is 3. The fourth-order valence-corrected chi connectivity index (χ4v) is 4.34. The second-order valence-electron chi connectivity index (χ2n) is 8.27. The minimum absolute atomic E-state index is 0.243. The molecule has 9 nitrogen and oxygen atoms in total. The lowest BCUT2D eigenvalue weighted by Gasteiger charge is -2.20. The van der Waals surface area contributed by atoms with Gasteiger partial charge >= 0.3 is 11.7 Å². The molecular weight excluding hydrogens is 410 g/mol. The molecule has 0 radical (unpaired) electrons. The predicted octanol–water partition coefficient (Wildman–Crippen LogP) is 2.38. The molecule has 0 saturated heterocycles. The minimum Gasteiger partial charge on any atom is -0.467 e. The summed E-state index contributed by atoms with van der Waals surface area (Å²) in [5, 5.41) is 0. The maximum atomic E-state index is 13.6. The van der Waals surface area contributed by atoms with Crippen LogP contribution in [0.4, 0.5) is 0 Å². The molecule has 0 aliphatic heterocycles. The number of carbonyl (C=O) groups is 1. The second-order valence-corrected chi connectivity index (χ2v) is 8.27. The smallest absolute Gasteiger partial charge is 0.333 e. The molecule has 3 heterocycles. The van der Waals surface area contributed by atoms with E-state index in [-0.39, 0.29) is 17.1 Å². The van der Waals surface area contributed by atoms with Gasteiger partial charge in [-0.05, 0) is 30.9 Å². The van der Waals surface area contributed by atoms with Gasteiger partial charge in [-0.2, -0.15) is 4.98 Å². The SMILES string of the molecule is CCc1ccccc1-n1c(C)cn2c3c(=O)n([C@H](C(=O)OC)C(C)C)c(=O)n(C)c3nc12. The highest BCUT2D eigenvalue weighted by Crippen LogP contribution is 2.24. The molecule has 0 fully saturated rings. The lowest BCUT2D eigenvalue weighted by molar-refractivity contribution is -0.146. The van der Waals surface area contributed by atoms with Gasteiger partial charge < -0.3 is 4.74 Å². The number of esters is 1. The van der Waals surface area contributed by atoms with Gasteiger partial charge in [0.05, 0.1) is 12.8 Å². The highest BCUT2D eigenvalue weighted by molar-refractivity contribution is 5.78. The molecule has 0 aliphatic carbocycles. The van der Waals surface area contributed by atoms with Crippen LogP contribution < -0.4 is 11.2 Å². The summed E-state index contributed by atoms with van der Waals surface area (Å²) in [6.45, 7) is 7.56. The maximum Gasteiger partial charge on any atom is 0.333 e. The van der Waals surface area contributed by atoms with Crippen LogP contribution in [0.3, 0.4) is 0 Å². The van der Waals surface area contributed by atoms with Gasteiger partial charge in [-0.3, -0.25) is 18.3 Å². The molecule has 0 aliphatic rings. The van der Waals surface area contributed by atoms with E-state index in [4.69, 9.17) is 4.74 Å². The summed E-state index contributed by atoms with van der Waals surface area (Å²) in [7, 11) is 2.80. The van der Waals surface area contributed by atoms with Crippen LogP contribution >= 0.6 is 0 Å². The second kappa shape index (κ2) is 7.81. The molecule has 0 N–H and O–H groups in total. The fourth-order valence-electron chi connectivity index (χ4n) is 4.34. The zero-order valence-electron chi connectivity index (χ0n) is 19.1. The maximum absolute atomic E-state index is 13.6. The zero-order chi connectivity index (χ0) is 23.3. The van der Waals surface area contributed by atoms with E-state index in [2.05, 4.69) is 18.0 Å². The number of rotatable bonds is 5. The summed E-state index contributed by atoms with van der Waals surface area (Å²) < 4.78 is 10.9. The monoisotopic (exact) mass is 437 g/mol. The van der Waals surface area contributed by atoms with Crippen LogP contribution in [0.15, 0.2) is 40.1 Å². The Kier molecular flexibility index (Phi) is 5.28. The summed E-state index contributed by atoms with van der Waals surface area (Å²) in [6.07, 6.45) is 2.66. The van der Waals surface area contributed by atoms with Crippen LogP contribution in [0.5, 0.6) is 0 Å². The molecule has 0 unspecified atom stereocenters. The number of imidazole rings is 2. The van der Waals surface area contributed by atoms with E-state index in [1.165, 1.54) is 11.7 Å². The minimum atomic E-state index is -1.04. The average Bonchev–Trinajstić information content (AvgIpc) is 3.28. The molecule has 1 aromatic carbocycles. The molecule has 9 heteroatoms. The van der Waals surface area contributed by atoms with Gasteiger partial charge in [-0.1, -0.05) is 39.0 Å². The lowest BCUT2D eigenvalue weighted by Crippen LogP contribution is -2.46. The Morgan fingerprint density at radius 2 is 1.88 bits per heavy atom. The average molecular weight is 438 g/mol. The van der Waals surface area contributed by atoms with Gasteiger partial charge in [0.15, 0.2) is 11.2 Å². The summed E-state index contributed by atoms with van der Waals surface area (Å²) in [5.41, 5.74) is 2.33. The van der Waals surface area contributed by atoms with E-state index in [9.17, 15) is 14.4 Å². The van der Waals surface area contributed by atoms with Gasteiger partial charge in [0, 0.05) is 18.9 Å². The van der Waals surface area contributed by atoms with Crippen molar-refractivity contribution in [3.8, 4) is 5.69 Å². The number of carbonyl (C=O) groups excluding carboxylic acids is 1. The first-order valence-electron chi connectivity index (χ1n) is 10.6.